The van der Waals surface area contributed by atoms with Gasteiger partial charge in [0.1, 0.15) is 5.75 Å². The minimum Gasteiger partial charge on any atom is -0.507 e. The van der Waals surface area contributed by atoms with E-state index < -0.39 is 0 Å². The van der Waals surface area contributed by atoms with Crippen molar-refractivity contribution in [1.29, 1.82) is 0 Å². The summed E-state index contributed by atoms with van der Waals surface area (Å²) >= 11 is 0. The number of ether oxygens (including phenoxy) is 1. The SMILES string of the molecule is CC1CN(CC2CCN(C(=O)c3ccccc3O)CC2)CC(C)O1. The standard InChI is InChI=1S/C19H28N2O3/c1-14-11-20(12-15(2)24-14)13-16-7-9-21(10-8-16)19(23)17-5-3-4-6-18(17)22/h3-6,14-16,22H,7-13H2,1-2H3. The zero-order valence-electron chi connectivity index (χ0n) is 14.6. The van der Waals surface area contributed by atoms with Crippen molar-refractivity contribution in [1.82, 2.24) is 9.80 Å². The molecule has 2 fully saturated rings. The Morgan fingerprint density at radius 3 is 2.42 bits per heavy atom. The summed E-state index contributed by atoms with van der Waals surface area (Å²) in [4.78, 5) is 16.9. The van der Waals surface area contributed by atoms with Crippen LogP contribution in [0.25, 0.3) is 0 Å². The summed E-state index contributed by atoms with van der Waals surface area (Å²) in [6.07, 6.45) is 2.66. The first kappa shape index (κ1) is 17.2. The Morgan fingerprint density at radius 1 is 1.17 bits per heavy atom. The van der Waals surface area contributed by atoms with Gasteiger partial charge in [-0.05, 0) is 44.7 Å². The van der Waals surface area contributed by atoms with Gasteiger partial charge in [0.15, 0.2) is 0 Å². The molecule has 5 nitrogen and oxygen atoms in total. The van der Waals surface area contributed by atoms with Crippen LogP contribution in [0.4, 0.5) is 0 Å². The average molecular weight is 332 g/mol. The van der Waals surface area contributed by atoms with Crippen LogP contribution in [0, 0.1) is 5.92 Å². The molecule has 24 heavy (non-hydrogen) atoms. The van der Waals surface area contributed by atoms with Gasteiger partial charge in [-0.3, -0.25) is 9.69 Å². The van der Waals surface area contributed by atoms with Crippen LogP contribution in [0.5, 0.6) is 5.75 Å². The Morgan fingerprint density at radius 2 is 1.79 bits per heavy atom. The third kappa shape index (κ3) is 4.08. The lowest BCUT2D eigenvalue weighted by molar-refractivity contribution is -0.0728. The number of phenolic OH excluding ortho intramolecular Hbond substituents is 1. The van der Waals surface area contributed by atoms with Crippen molar-refractivity contribution in [3.63, 3.8) is 0 Å². The Hall–Kier alpha value is -1.59. The summed E-state index contributed by atoms with van der Waals surface area (Å²) in [5.74, 6) is 0.650. The smallest absolute Gasteiger partial charge is 0.257 e. The number of amides is 1. The molecule has 2 aliphatic heterocycles. The number of hydrogen-bond acceptors (Lipinski definition) is 4. The van der Waals surface area contributed by atoms with E-state index >= 15 is 0 Å². The highest BCUT2D eigenvalue weighted by molar-refractivity contribution is 5.96. The molecule has 1 aromatic carbocycles. The summed E-state index contributed by atoms with van der Waals surface area (Å²) in [7, 11) is 0. The Labute approximate surface area is 144 Å². The highest BCUT2D eigenvalue weighted by atomic mass is 16.5. The molecule has 0 aliphatic carbocycles. The molecule has 2 atom stereocenters. The van der Waals surface area contributed by atoms with Gasteiger partial charge >= 0.3 is 0 Å². The lowest BCUT2D eigenvalue weighted by Crippen LogP contribution is -2.48. The van der Waals surface area contributed by atoms with Crippen molar-refractivity contribution in [3.05, 3.63) is 29.8 Å². The van der Waals surface area contributed by atoms with Gasteiger partial charge < -0.3 is 14.7 Å². The molecule has 0 saturated carbocycles. The maximum atomic E-state index is 12.5. The molecular formula is C19H28N2O3. The molecule has 0 aromatic heterocycles. The second kappa shape index (κ2) is 7.53. The van der Waals surface area contributed by atoms with Crippen LogP contribution in [0.2, 0.25) is 0 Å². The van der Waals surface area contributed by atoms with Crippen molar-refractivity contribution >= 4 is 5.91 Å². The summed E-state index contributed by atoms with van der Waals surface area (Å²) in [6.45, 7) is 8.91. The van der Waals surface area contributed by atoms with E-state index in [0.29, 0.717) is 23.7 Å². The predicted octanol–water partition coefficient (Wildman–Crippen LogP) is 2.35. The number of benzene rings is 1. The fourth-order valence-electron chi connectivity index (χ4n) is 3.94. The number of rotatable bonds is 3. The maximum absolute atomic E-state index is 12.5. The number of piperidine rings is 1. The normalized spacial score (nSPS) is 26.5. The number of morpholine rings is 1. The van der Waals surface area contributed by atoms with E-state index in [1.807, 2.05) is 4.90 Å². The van der Waals surface area contributed by atoms with Crippen molar-refractivity contribution in [2.45, 2.75) is 38.9 Å². The quantitative estimate of drug-likeness (QED) is 0.923. The lowest BCUT2D eigenvalue weighted by Gasteiger charge is -2.39. The molecule has 5 heteroatoms. The first-order valence-electron chi connectivity index (χ1n) is 8.98. The Bertz CT molecular complexity index is 559. The first-order chi connectivity index (χ1) is 11.5. The zero-order valence-corrected chi connectivity index (χ0v) is 14.6. The predicted molar refractivity (Wildman–Crippen MR) is 93.2 cm³/mol. The van der Waals surface area contributed by atoms with Crippen LogP contribution < -0.4 is 0 Å². The van der Waals surface area contributed by atoms with Crippen LogP contribution in [-0.2, 0) is 4.74 Å². The van der Waals surface area contributed by atoms with Gasteiger partial charge in [-0.2, -0.15) is 0 Å². The number of hydrogen-bond donors (Lipinski definition) is 1. The average Bonchev–Trinajstić information content (AvgIpc) is 2.54. The minimum absolute atomic E-state index is 0.0554. The van der Waals surface area contributed by atoms with E-state index in [2.05, 4.69) is 18.7 Å². The molecule has 2 unspecified atom stereocenters. The van der Waals surface area contributed by atoms with Gasteiger partial charge in [-0.1, -0.05) is 12.1 Å². The summed E-state index contributed by atoms with van der Waals surface area (Å²) in [6, 6.07) is 6.80. The van der Waals surface area contributed by atoms with Gasteiger partial charge in [0.05, 0.1) is 17.8 Å². The second-order valence-electron chi connectivity index (χ2n) is 7.23. The van der Waals surface area contributed by atoms with Crippen LogP contribution in [0.15, 0.2) is 24.3 Å². The minimum atomic E-state index is -0.0554. The maximum Gasteiger partial charge on any atom is 0.257 e. The number of likely N-dealkylation sites (tertiary alicyclic amines) is 1. The van der Waals surface area contributed by atoms with E-state index in [1.165, 1.54) is 0 Å². The van der Waals surface area contributed by atoms with Gasteiger partial charge in [-0.25, -0.2) is 0 Å². The molecule has 0 radical (unpaired) electrons. The van der Waals surface area contributed by atoms with Crippen molar-refractivity contribution in [2.24, 2.45) is 5.92 Å². The van der Waals surface area contributed by atoms with Gasteiger partial charge in [-0.15, -0.1) is 0 Å². The largest absolute Gasteiger partial charge is 0.507 e. The summed E-state index contributed by atoms with van der Waals surface area (Å²) < 4.78 is 5.80. The van der Waals surface area contributed by atoms with Crippen molar-refractivity contribution < 1.29 is 14.6 Å². The van der Waals surface area contributed by atoms with E-state index in [1.54, 1.807) is 24.3 Å². The number of carbonyl (C=O) groups excluding carboxylic acids is 1. The second-order valence-corrected chi connectivity index (χ2v) is 7.23. The molecule has 3 rings (SSSR count). The van der Waals surface area contributed by atoms with E-state index in [0.717, 1.165) is 45.6 Å². The first-order valence-corrected chi connectivity index (χ1v) is 8.98. The molecule has 2 heterocycles. The van der Waals surface area contributed by atoms with Crippen LogP contribution in [0.3, 0.4) is 0 Å². The topological polar surface area (TPSA) is 53.0 Å². The molecule has 0 bridgehead atoms. The third-order valence-corrected chi connectivity index (χ3v) is 5.05. The summed E-state index contributed by atoms with van der Waals surface area (Å²) in [5.41, 5.74) is 0.409. The number of phenols is 1. The van der Waals surface area contributed by atoms with Crippen LogP contribution >= 0.6 is 0 Å². The van der Waals surface area contributed by atoms with Crippen LogP contribution in [0.1, 0.15) is 37.0 Å². The Balaban J connectivity index is 1.51. The van der Waals surface area contributed by atoms with Gasteiger partial charge in [0.25, 0.3) is 5.91 Å². The van der Waals surface area contributed by atoms with E-state index in [4.69, 9.17) is 4.74 Å². The fraction of sp³-hybridized carbons (Fsp3) is 0.632. The molecule has 2 saturated heterocycles. The summed E-state index contributed by atoms with van der Waals surface area (Å²) in [5, 5.41) is 9.86. The number of para-hydroxylation sites is 1. The molecule has 2 aliphatic rings. The van der Waals surface area contributed by atoms with E-state index in [-0.39, 0.29) is 11.7 Å². The molecule has 1 N–H and O–H groups in total. The number of carbonyl (C=O) groups is 1. The highest BCUT2D eigenvalue weighted by Crippen LogP contribution is 2.24. The lowest BCUT2D eigenvalue weighted by atomic mass is 9.95. The monoisotopic (exact) mass is 332 g/mol. The van der Waals surface area contributed by atoms with Gasteiger partial charge in [0, 0.05) is 32.7 Å². The van der Waals surface area contributed by atoms with Crippen LogP contribution in [-0.4, -0.2) is 65.7 Å². The van der Waals surface area contributed by atoms with Gasteiger partial charge in [0.2, 0.25) is 0 Å². The van der Waals surface area contributed by atoms with E-state index in [9.17, 15) is 9.90 Å². The molecular weight excluding hydrogens is 304 g/mol. The third-order valence-electron chi connectivity index (χ3n) is 5.05. The van der Waals surface area contributed by atoms with Crippen molar-refractivity contribution in [2.75, 3.05) is 32.7 Å². The highest BCUT2D eigenvalue weighted by Gasteiger charge is 2.28. The number of aromatic hydroxyl groups is 1. The zero-order chi connectivity index (χ0) is 17.1. The fourth-order valence-corrected chi connectivity index (χ4v) is 3.94. The van der Waals surface area contributed by atoms with Crippen molar-refractivity contribution in [3.8, 4) is 5.75 Å². The molecule has 132 valence electrons. The number of nitrogens with zero attached hydrogens (tertiary/aromatic N) is 2. The molecule has 0 spiro atoms. The molecule has 1 amide bonds. The molecule has 1 aromatic rings. The Kier molecular flexibility index (Phi) is 5.41.